The lowest BCUT2D eigenvalue weighted by Gasteiger charge is -2.29. The van der Waals surface area contributed by atoms with Crippen LogP contribution in [-0.2, 0) is 17.9 Å². The zero-order valence-electron chi connectivity index (χ0n) is 18.8. The van der Waals surface area contributed by atoms with Crippen LogP contribution in [0, 0.1) is 6.92 Å². The van der Waals surface area contributed by atoms with Gasteiger partial charge in [-0.3, -0.25) is 4.79 Å². The van der Waals surface area contributed by atoms with Crippen molar-refractivity contribution >= 4 is 12.0 Å². The minimum absolute atomic E-state index is 0.0111. The number of aryl methyl sites for hydroxylation is 1. The standard InChI is InChI=1S/C27H26N4O2/c1-20-17-30(19-28-20)25-11-8-21(16-26(25)33-2)9-13-27(32)29-14-15-31-23(18-29)10-12-24(31)22-6-4-3-5-7-22/h3-13,16-17,19H,14-15,18H2,1-2H3/b13-9+. The third kappa shape index (κ3) is 4.20. The van der Waals surface area contributed by atoms with Crippen molar-refractivity contribution in [3.05, 3.63) is 96.2 Å². The number of methoxy groups -OCH3 is 1. The Hall–Kier alpha value is -4.06. The average molecular weight is 439 g/mol. The summed E-state index contributed by atoms with van der Waals surface area (Å²) in [7, 11) is 1.65. The highest BCUT2D eigenvalue weighted by molar-refractivity contribution is 5.92. The predicted molar refractivity (Wildman–Crippen MR) is 129 cm³/mol. The van der Waals surface area contributed by atoms with Crippen LogP contribution in [-0.4, -0.2) is 38.6 Å². The molecule has 1 aliphatic rings. The SMILES string of the molecule is COc1cc(/C=C/C(=O)N2CCn3c(ccc3-c3ccccc3)C2)ccc1-n1cnc(C)c1. The van der Waals surface area contributed by atoms with Gasteiger partial charge in [-0.15, -0.1) is 0 Å². The normalized spacial score (nSPS) is 13.3. The van der Waals surface area contributed by atoms with Gasteiger partial charge in [0.05, 0.1) is 31.4 Å². The van der Waals surface area contributed by atoms with Crippen molar-refractivity contribution in [3.63, 3.8) is 0 Å². The smallest absolute Gasteiger partial charge is 0.246 e. The molecule has 33 heavy (non-hydrogen) atoms. The maximum atomic E-state index is 12.9. The number of carbonyl (C=O) groups excluding carboxylic acids is 1. The van der Waals surface area contributed by atoms with Crippen molar-refractivity contribution in [2.45, 2.75) is 20.0 Å². The van der Waals surface area contributed by atoms with Gasteiger partial charge in [0.25, 0.3) is 0 Å². The Kier molecular flexibility index (Phi) is 5.57. The first-order chi connectivity index (χ1) is 16.1. The van der Waals surface area contributed by atoms with Gasteiger partial charge in [-0.25, -0.2) is 4.98 Å². The maximum Gasteiger partial charge on any atom is 0.246 e. The van der Waals surface area contributed by atoms with Crippen molar-refractivity contribution in [1.29, 1.82) is 0 Å². The largest absolute Gasteiger partial charge is 0.495 e. The molecule has 3 heterocycles. The Morgan fingerprint density at radius 3 is 2.67 bits per heavy atom. The molecule has 0 N–H and O–H groups in total. The monoisotopic (exact) mass is 438 g/mol. The number of amides is 1. The minimum atomic E-state index is 0.0111. The number of rotatable bonds is 5. The molecule has 4 aromatic rings. The number of nitrogens with zero attached hydrogens (tertiary/aromatic N) is 4. The zero-order valence-corrected chi connectivity index (χ0v) is 18.8. The number of benzene rings is 2. The zero-order chi connectivity index (χ0) is 22.8. The third-order valence-corrected chi connectivity index (χ3v) is 6.01. The number of fused-ring (bicyclic) bond motifs is 1. The summed E-state index contributed by atoms with van der Waals surface area (Å²) in [5.41, 5.74) is 6.32. The van der Waals surface area contributed by atoms with Crippen LogP contribution in [0.5, 0.6) is 5.75 Å². The van der Waals surface area contributed by atoms with Gasteiger partial charge in [0.2, 0.25) is 5.91 Å². The van der Waals surface area contributed by atoms with Crippen LogP contribution in [0.2, 0.25) is 0 Å². The minimum Gasteiger partial charge on any atom is -0.495 e. The van der Waals surface area contributed by atoms with Crippen molar-refractivity contribution < 1.29 is 9.53 Å². The van der Waals surface area contributed by atoms with Crippen LogP contribution in [0.4, 0.5) is 0 Å². The van der Waals surface area contributed by atoms with Crippen molar-refractivity contribution in [2.75, 3.05) is 13.7 Å². The lowest BCUT2D eigenvalue weighted by atomic mass is 10.1. The first-order valence-electron chi connectivity index (χ1n) is 11.0. The summed E-state index contributed by atoms with van der Waals surface area (Å²) in [6.45, 7) is 4.04. The highest BCUT2D eigenvalue weighted by Crippen LogP contribution is 2.27. The molecule has 2 aromatic carbocycles. The Labute approximate surface area is 193 Å². The lowest BCUT2D eigenvalue weighted by Crippen LogP contribution is -2.37. The van der Waals surface area contributed by atoms with E-state index in [1.807, 2.05) is 52.9 Å². The summed E-state index contributed by atoms with van der Waals surface area (Å²) in [6.07, 6.45) is 7.21. The van der Waals surface area contributed by atoms with E-state index >= 15 is 0 Å². The van der Waals surface area contributed by atoms with Crippen molar-refractivity contribution in [1.82, 2.24) is 19.0 Å². The number of aromatic nitrogens is 3. The van der Waals surface area contributed by atoms with E-state index in [0.717, 1.165) is 34.9 Å². The fourth-order valence-electron chi connectivity index (χ4n) is 4.29. The summed E-state index contributed by atoms with van der Waals surface area (Å²) in [5, 5.41) is 0. The van der Waals surface area contributed by atoms with E-state index in [9.17, 15) is 4.79 Å². The Bertz CT molecular complexity index is 1320. The molecule has 0 fully saturated rings. The summed E-state index contributed by atoms with van der Waals surface area (Å²) < 4.78 is 9.81. The first-order valence-corrected chi connectivity index (χ1v) is 11.0. The van der Waals surface area contributed by atoms with Crippen LogP contribution in [0.1, 0.15) is 17.0 Å². The first kappa shape index (κ1) is 20.8. The second-order valence-electron chi connectivity index (χ2n) is 8.17. The van der Waals surface area contributed by atoms with Gasteiger partial charge in [0.15, 0.2) is 0 Å². The van der Waals surface area contributed by atoms with Crippen molar-refractivity contribution in [2.24, 2.45) is 0 Å². The third-order valence-electron chi connectivity index (χ3n) is 6.01. The van der Waals surface area contributed by atoms with Crippen LogP contribution < -0.4 is 4.74 Å². The highest BCUT2D eigenvalue weighted by Gasteiger charge is 2.21. The van der Waals surface area contributed by atoms with Crippen molar-refractivity contribution in [3.8, 4) is 22.7 Å². The Balaban J connectivity index is 1.30. The molecule has 0 bridgehead atoms. The van der Waals surface area contributed by atoms with Gasteiger partial charge < -0.3 is 18.8 Å². The molecule has 0 saturated carbocycles. The molecule has 1 amide bonds. The topological polar surface area (TPSA) is 52.3 Å². The molecular formula is C27H26N4O2. The van der Waals surface area contributed by atoms with E-state index in [4.69, 9.17) is 4.74 Å². The molecule has 0 spiro atoms. The molecule has 0 saturated heterocycles. The van der Waals surface area contributed by atoms with E-state index in [2.05, 4.69) is 45.9 Å². The Morgan fingerprint density at radius 1 is 1.06 bits per heavy atom. The van der Waals surface area contributed by atoms with Gasteiger partial charge >= 0.3 is 0 Å². The molecule has 5 rings (SSSR count). The second kappa shape index (κ2) is 8.82. The van der Waals surface area contributed by atoms with E-state index in [1.165, 1.54) is 11.3 Å². The fraction of sp³-hybridized carbons (Fsp3) is 0.185. The fourth-order valence-corrected chi connectivity index (χ4v) is 4.29. The average Bonchev–Trinajstić information content (AvgIpc) is 3.48. The quantitative estimate of drug-likeness (QED) is 0.424. The molecule has 2 aromatic heterocycles. The summed E-state index contributed by atoms with van der Waals surface area (Å²) in [4.78, 5) is 19.1. The molecule has 0 atom stereocenters. The number of carbonyl (C=O) groups is 1. The van der Waals surface area contributed by atoms with E-state index in [1.54, 1.807) is 19.5 Å². The summed E-state index contributed by atoms with van der Waals surface area (Å²) in [5.74, 6) is 0.739. The van der Waals surface area contributed by atoms with Gasteiger partial charge in [0, 0.05) is 36.8 Å². The summed E-state index contributed by atoms with van der Waals surface area (Å²) >= 11 is 0. The maximum absolute atomic E-state index is 12.9. The van der Waals surface area contributed by atoms with Crippen LogP contribution in [0.15, 0.2) is 79.3 Å². The number of hydrogen-bond donors (Lipinski definition) is 0. The molecule has 6 nitrogen and oxygen atoms in total. The number of ether oxygens (including phenoxy) is 1. The highest BCUT2D eigenvalue weighted by atomic mass is 16.5. The van der Waals surface area contributed by atoms with Gasteiger partial charge in [-0.2, -0.15) is 0 Å². The van der Waals surface area contributed by atoms with Crippen LogP contribution in [0.25, 0.3) is 23.0 Å². The lowest BCUT2D eigenvalue weighted by molar-refractivity contribution is -0.127. The Morgan fingerprint density at radius 2 is 1.91 bits per heavy atom. The number of hydrogen-bond acceptors (Lipinski definition) is 3. The summed E-state index contributed by atoms with van der Waals surface area (Å²) in [6, 6.07) is 20.5. The second-order valence-corrected chi connectivity index (χ2v) is 8.17. The number of imidazole rings is 1. The molecule has 166 valence electrons. The van der Waals surface area contributed by atoms with Crippen LogP contribution >= 0.6 is 0 Å². The van der Waals surface area contributed by atoms with E-state index in [0.29, 0.717) is 13.1 Å². The van der Waals surface area contributed by atoms with Gasteiger partial charge in [-0.05, 0) is 48.4 Å². The molecule has 0 unspecified atom stereocenters. The molecule has 6 heteroatoms. The van der Waals surface area contributed by atoms with Gasteiger partial charge in [-0.1, -0.05) is 36.4 Å². The predicted octanol–water partition coefficient (Wildman–Crippen LogP) is 4.71. The van der Waals surface area contributed by atoms with Crippen LogP contribution in [0.3, 0.4) is 0 Å². The molecule has 1 aliphatic heterocycles. The van der Waals surface area contributed by atoms with Gasteiger partial charge in [0.1, 0.15) is 5.75 Å². The van der Waals surface area contributed by atoms with E-state index < -0.39 is 0 Å². The van der Waals surface area contributed by atoms with E-state index in [-0.39, 0.29) is 5.91 Å². The molecular weight excluding hydrogens is 412 g/mol. The molecule has 0 radical (unpaired) electrons. The molecule has 0 aliphatic carbocycles.